The van der Waals surface area contributed by atoms with Crippen LogP contribution in [0, 0.1) is 6.92 Å². The molecule has 0 bridgehead atoms. The highest BCUT2D eigenvalue weighted by molar-refractivity contribution is 7.89. The van der Waals surface area contributed by atoms with Gasteiger partial charge in [-0.2, -0.15) is 4.31 Å². The third-order valence-corrected chi connectivity index (χ3v) is 6.91. The van der Waals surface area contributed by atoms with Gasteiger partial charge < -0.3 is 15.5 Å². The summed E-state index contributed by atoms with van der Waals surface area (Å²) in [5.74, 6) is -0.196. The third kappa shape index (κ3) is 3.50. The molecule has 0 spiro atoms. The molecule has 2 heterocycles. The zero-order valence-corrected chi connectivity index (χ0v) is 15.4. The average molecular weight is 357 g/mol. The van der Waals surface area contributed by atoms with Gasteiger partial charge in [-0.1, -0.05) is 13.8 Å². The van der Waals surface area contributed by atoms with E-state index in [2.05, 4.69) is 5.32 Å². The van der Waals surface area contributed by atoms with Gasteiger partial charge in [0.2, 0.25) is 10.0 Å². The number of rotatable bonds is 7. The molecule has 1 aliphatic rings. The van der Waals surface area contributed by atoms with Crippen molar-refractivity contribution in [3.05, 3.63) is 17.6 Å². The summed E-state index contributed by atoms with van der Waals surface area (Å²) in [5.41, 5.74) is 5.29. The summed E-state index contributed by atoms with van der Waals surface area (Å²) in [7, 11) is -3.61. The highest BCUT2D eigenvalue weighted by Crippen LogP contribution is 2.26. The molecule has 3 N–H and O–H groups in total. The van der Waals surface area contributed by atoms with Crippen LogP contribution in [0.15, 0.2) is 15.4 Å². The predicted octanol–water partition coefficient (Wildman–Crippen LogP) is 1.62. The smallest absolute Gasteiger partial charge is 0.287 e. The molecule has 1 amide bonds. The number of nitrogens with one attached hydrogen (secondary N) is 1. The first-order chi connectivity index (χ1) is 11.3. The van der Waals surface area contributed by atoms with Crippen LogP contribution in [0.5, 0.6) is 0 Å². The monoisotopic (exact) mass is 357 g/mol. The Morgan fingerprint density at radius 3 is 2.42 bits per heavy atom. The number of carbonyl (C=O) groups is 1. The maximum absolute atomic E-state index is 12.7. The lowest BCUT2D eigenvalue weighted by Gasteiger charge is -2.30. The summed E-state index contributed by atoms with van der Waals surface area (Å²) in [6, 6.07) is 1.32. The molecule has 0 saturated carbocycles. The first-order valence-electron chi connectivity index (χ1n) is 8.43. The van der Waals surface area contributed by atoms with Crippen LogP contribution < -0.4 is 11.1 Å². The summed E-state index contributed by atoms with van der Waals surface area (Å²) < 4.78 is 32.2. The van der Waals surface area contributed by atoms with Gasteiger partial charge in [-0.25, -0.2) is 8.42 Å². The van der Waals surface area contributed by atoms with Crippen molar-refractivity contribution in [2.75, 3.05) is 19.6 Å². The Morgan fingerprint density at radius 2 is 1.92 bits per heavy atom. The molecule has 7 nitrogen and oxygen atoms in total. The molecule has 1 aromatic heterocycles. The summed E-state index contributed by atoms with van der Waals surface area (Å²) in [6.45, 7) is 6.80. The Hall–Kier alpha value is -1.38. The van der Waals surface area contributed by atoms with Crippen LogP contribution in [0.4, 0.5) is 0 Å². The molecule has 136 valence electrons. The molecule has 1 aliphatic heterocycles. The Labute approximate surface area is 143 Å². The SMILES string of the molecule is CCC(CC)(CN)NC(=O)c1cc(S(=O)(=O)N2CCCC2)c(C)o1. The summed E-state index contributed by atoms with van der Waals surface area (Å²) in [4.78, 5) is 12.6. The highest BCUT2D eigenvalue weighted by atomic mass is 32.2. The number of furan rings is 1. The Kier molecular flexibility index (Phi) is 5.72. The van der Waals surface area contributed by atoms with Gasteiger partial charge in [-0.3, -0.25) is 4.79 Å². The molecule has 2 rings (SSSR count). The van der Waals surface area contributed by atoms with E-state index in [4.69, 9.17) is 10.2 Å². The molecule has 8 heteroatoms. The van der Waals surface area contributed by atoms with Crippen molar-refractivity contribution in [2.45, 2.75) is 56.9 Å². The standard InChI is InChI=1S/C16H27N3O4S/c1-4-16(5-2,11-17)18-15(20)13-10-14(12(3)23-13)24(21,22)19-8-6-7-9-19/h10H,4-9,11,17H2,1-3H3,(H,18,20). The van der Waals surface area contributed by atoms with E-state index in [-0.39, 0.29) is 16.4 Å². The number of hydrogen-bond acceptors (Lipinski definition) is 5. The van der Waals surface area contributed by atoms with E-state index in [1.165, 1.54) is 10.4 Å². The Bertz CT molecular complexity index is 678. The lowest BCUT2D eigenvalue weighted by Crippen LogP contribution is -2.52. The van der Waals surface area contributed by atoms with Crippen LogP contribution in [0.3, 0.4) is 0 Å². The minimum absolute atomic E-state index is 0.00463. The zero-order chi connectivity index (χ0) is 18.0. The minimum Gasteiger partial charge on any atom is -0.455 e. The van der Waals surface area contributed by atoms with Crippen LogP contribution in [-0.2, 0) is 10.0 Å². The zero-order valence-electron chi connectivity index (χ0n) is 14.6. The van der Waals surface area contributed by atoms with Gasteiger partial charge in [0.15, 0.2) is 5.76 Å². The molecule has 1 aromatic rings. The van der Waals surface area contributed by atoms with E-state index >= 15 is 0 Å². The highest BCUT2D eigenvalue weighted by Gasteiger charge is 2.33. The minimum atomic E-state index is -3.61. The molecule has 0 atom stereocenters. The Morgan fingerprint density at radius 1 is 1.33 bits per heavy atom. The van der Waals surface area contributed by atoms with Crippen molar-refractivity contribution in [1.29, 1.82) is 0 Å². The van der Waals surface area contributed by atoms with Gasteiger partial charge in [0.05, 0.1) is 5.54 Å². The largest absolute Gasteiger partial charge is 0.455 e. The second kappa shape index (κ2) is 7.25. The van der Waals surface area contributed by atoms with Crippen molar-refractivity contribution in [1.82, 2.24) is 9.62 Å². The first-order valence-corrected chi connectivity index (χ1v) is 9.87. The maximum atomic E-state index is 12.7. The van der Waals surface area contributed by atoms with Gasteiger partial charge in [0.25, 0.3) is 5.91 Å². The fourth-order valence-corrected chi connectivity index (χ4v) is 4.65. The van der Waals surface area contributed by atoms with E-state index in [9.17, 15) is 13.2 Å². The van der Waals surface area contributed by atoms with E-state index in [0.717, 1.165) is 12.8 Å². The summed E-state index contributed by atoms with van der Waals surface area (Å²) in [5, 5.41) is 2.89. The lowest BCUT2D eigenvalue weighted by atomic mass is 9.93. The predicted molar refractivity (Wildman–Crippen MR) is 91.3 cm³/mol. The molecule has 0 unspecified atom stereocenters. The van der Waals surface area contributed by atoms with E-state index in [1.807, 2.05) is 13.8 Å². The number of hydrogen-bond donors (Lipinski definition) is 2. The average Bonchev–Trinajstić information content (AvgIpc) is 3.22. The van der Waals surface area contributed by atoms with Crippen LogP contribution >= 0.6 is 0 Å². The van der Waals surface area contributed by atoms with Crippen molar-refractivity contribution < 1.29 is 17.6 Å². The number of aryl methyl sites for hydroxylation is 1. The van der Waals surface area contributed by atoms with Crippen LogP contribution in [0.2, 0.25) is 0 Å². The number of nitrogens with two attached hydrogens (primary N) is 1. The first kappa shape index (κ1) is 19.0. The van der Waals surface area contributed by atoms with E-state index in [0.29, 0.717) is 32.5 Å². The van der Waals surface area contributed by atoms with Gasteiger partial charge in [0.1, 0.15) is 10.7 Å². The normalized spacial score (nSPS) is 16.5. The van der Waals surface area contributed by atoms with Gasteiger partial charge >= 0.3 is 0 Å². The second-order valence-electron chi connectivity index (χ2n) is 6.29. The van der Waals surface area contributed by atoms with Crippen molar-refractivity contribution in [2.24, 2.45) is 5.73 Å². The molecule has 0 aliphatic carbocycles. The fraction of sp³-hybridized carbons (Fsp3) is 0.688. The van der Waals surface area contributed by atoms with Crippen LogP contribution in [0.25, 0.3) is 0 Å². The number of nitrogens with zero attached hydrogens (tertiary/aromatic N) is 1. The molecular formula is C16H27N3O4S. The quantitative estimate of drug-likeness (QED) is 0.771. The molecule has 1 fully saturated rings. The fourth-order valence-electron chi connectivity index (χ4n) is 2.97. The molecule has 0 radical (unpaired) electrons. The molecule has 24 heavy (non-hydrogen) atoms. The number of amides is 1. The van der Waals surface area contributed by atoms with Gasteiger partial charge in [-0.15, -0.1) is 0 Å². The lowest BCUT2D eigenvalue weighted by molar-refractivity contribution is 0.0865. The van der Waals surface area contributed by atoms with Crippen LogP contribution in [0.1, 0.15) is 55.8 Å². The molecule has 0 aromatic carbocycles. The topological polar surface area (TPSA) is 106 Å². The van der Waals surface area contributed by atoms with Crippen LogP contribution in [-0.4, -0.2) is 43.8 Å². The Balaban J connectivity index is 2.26. The summed E-state index contributed by atoms with van der Waals surface area (Å²) in [6.07, 6.45) is 3.08. The van der Waals surface area contributed by atoms with E-state index < -0.39 is 21.5 Å². The molecule has 1 saturated heterocycles. The van der Waals surface area contributed by atoms with Gasteiger partial charge in [-0.05, 0) is 32.6 Å². The van der Waals surface area contributed by atoms with Crippen molar-refractivity contribution in [3.8, 4) is 0 Å². The second-order valence-corrected chi connectivity index (χ2v) is 8.19. The third-order valence-electron chi connectivity index (χ3n) is 4.90. The summed E-state index contributed by atoms with van der Waals surface area (Å²) >= 11 is 0. The van der Waals surface area contributed by atoms with Gasteiger partial charge in [0, 0.05) is 25.7 Å². The van der Waals surface area contributed by atoms with Crippen molar-refractivity contribution >= 4 is 15.9 Å². The number of sulfonamides is 1. The van der Waals surface area contributed by atoms with E-state index in [1.54, 1.807) is 6.92 Å². The van der Waals surface area contributed by atoms with Crippen molar-refractivity contribution in [3.63, 3.8) is 0 Å². The molecular weight excluding hydrogens is 330 g/mol. The number of carbonyl (C=O) groups excluding carboxylic acids is 1. The maximum Gasteiger partial charge on any atom is 0.287 e.